The number of hydrogen-bond acceptors (Lipinski definition) is 8. The Morgan fingerprint density at radius 1 is 1.15 bits per heavy atom. The third-order valence-electron chi connectivity index (χ3n) is 5.52. The summed E-state index contributed by atoms with van der Waals surface area (Å²) in [5, 5.41) is 20.1. The van der Waals surface area contributed by atoms with Crippen molar-refractivity contribution >= 4 is 56.3 Å². The lowest BCUT2D eigenvalue weighted by atomic mass is 9.81. The molecule has 0 spiro atoms. The lowest BCUT2D eigenvalue weighted by Crippen LogP contribution is -2.69. The first kappa shape index (κ1) is 21.2. The Balaban J connectivity index is 1.45. The number of nitrogens with one attached hydrogen (secondary N) is 2. The average molecular weight is 528 g/mol. The summed E-state index contributed by atoms with van der Waals surface area (Å²) in [5.74, 6) is -1.35. The number of benzene rings is 2. The normalized spacial score (nSPS) is 14.6. The van der Waals surface area contributed by atoms with Crippen LogP contribution in [0.4, 0.5) is 5.82 Å². The van der Waals surface area contributed by atoms with Gasteiger partial charge in [0.25, 0.3) is 11.8 Å². The number of carbonyl (C=O) groups excluding carboxylic acids is 2. The van der Waals surface area contributed by atoms with E-state index in [1.165, 1.54) is 4.90 Å². The van der Waals surface area contributed by atoms with Crippen LogP contribution >= 0.6 is 27.7 Å². The number of halogens is 1. The summed E-state index contributed by atoms with van der Waals surface area (Å²) in [6.07, 6.45) is 1.13. The Labute approximate surface area is 198 Å². The predicted octanol–water partition coefficient (Wildman–Crippen LogP) is 2.87. The molecule has 0 saturated carbocycles. The van der Waals surface area contributed by atoms with Gasteiger partial charge in [0, 0.05) is 4.47 Å². The molecule has 0 radical (unpaired) electrons. The molecule has 1 fully saturated rings. The summed E-state index contributed by atoms with van der Waals surface area (Å²) in [7, 11) is 0. The minimum Gasteiger partial charge on any atom is -0.358 e. The van der Waals surface area contributed by atoms with Gasteiger partial charge in [-0.15, -0.1) is 5.10 Å². The molecule has 5 rings (SSSR count). The van der Waals surface area contributed by atoms with Crippen LogP contribution in [0.2, 0.25) is 0 Å². The number of hydrogen-bond donors (Lipinski definition) is 2. The molecule has 33 heavy (non-hydrogen) atoms. The van der Waals surface area contributed by atoms with Gasteiger partial charge >= 0.3 is 5.82 Å². The minimum atomic E-state index is -0.877. The van der Waals surface area contributed by atoms with Gasteiger partial charge < -0.3 is 20.3 Å². The average Bonchev–Trinajstić information content (AvgIpc) is 3.45. The van der Waals surface area contributed by atoms with Gasteiger partial charge in [0.2, 0.25) is 0 Å². The number of nitrogens with zero attached hydrogens (tertiary/aromatic N) is 5. The van der Waals surface area contributed by atoms with Crippen LogP contribution in [-0.2, 0) is 5.54 Å². The van der Waals surface area contributed by atoms with Crippen LogP contribution in [-0.4, -0.2) is 53.7 Å². The summed E-state index contributed by atoms with van der Waals surface area (Å²) in [4.78, 5) is 38.1. The molecule has 1 aliphatic rings. The van der Waals surface area contributed by atoms with E-state index in [-0.39, 0.29) is 24.6 Å². The SMILES string of the molecule is O=C(NC1(c2ccc(Br)cc2)CN(C(=O)c2cn[nH]c2[N+](=O)[O-])C1)c1cccc2nsnc12. The molecule has 0 aliphatic carbocycles. The number of fused-ring (bicyclic) bond motifs is 1. The number of likely N-dealkylation sites (tertiary alicyclic amines) is 1. The quantitative estimate of drug-likeness (QED) is 0.299. The Kier molecular flexibility index (Phi) is 5.13. The van der Waals surface area contributed by atoms with Crippen LogP contribution in [0.5, 0.6) is 0 Å². The molecule has 4 aromatic rings. The summed E-state index contributed by atoms with van der Waals surface area (Å²) < 4.78 is 9.27. The third kappa shape index (κ3) is 3.64. The highest BCUT2D eigenvalue weighted by Gasteiger charge is 2.49. The van der Waals surface area contributed by atoms with Crippen LogP contribution in [0.3, 0.4) is 0 Å². The monoisotopic (exact) mass is 527 g/mol. The summed E-state index contributed by atoms with van der Waals surface area (Å²) >= 11 is 4.43. The predicted molar refractivity (Wildman–Crippen MR) is 122 cm³/mol. The highest BCUT2D eigenvalue weighted by Crippen LogP contribution is 2.35. The van der Waals surface area contributed by atoms with Crippen molar-refractivity contribution in [3.63, 3.8) is 0 Å². The molecular weight excluding hydrogens is 514 g/mol. The molecule has 2 N–H and O–H groups in total. The van der Waals surface area contributed by atoms with E-state index in [9.17, 15) is 19.7 Å². The number of amides is 2. The molecule has 11 nitrogen and oxygen atoms in total. The highest BCUT2D eigenvalue weighted by atomic mass is 79.9. The largest absolute Gasteiger partial charge is 0.358 e. The topological polar surface area (TPSA) is 147 Å². The molecule has 1 aliphatic heterocycles. The second-order valence-electron chi connectivity index (χ2n) is 7.53. The lowest BCUT2D eigenvalue weighted by Gasteiger charge is -2.50. The molecule has 3 heterocycles. The van der Waals surface area contributed by atoms with E-state index in [2.05, 4.69) is 40.2 Å². The van der Waals surface area contributed by atoms with Crippen molar-refractivity contribution in [3.8, 4) is 0 Å². The Morgan fingerprint density at radius 2 is 1.91 bits per heavy atom. The van der Waals surface area contributed by atoms with Crippen LogP contribution in [0.1, 0.15) is 26.3 Å². The van der Waals surface area contributed by atoms with Crippen LogP contribution in [0.15, 0.2) is 53.1 Å². The molecular formula is C20H14BrN7O4S. The summed E-state index contributed by atoms with van der Waals surface area (Å²) in [6.45, 7) is 0.264. The number of aromatic nitrogens is 4. The van der Waals surface area contributed by atoms with Crippen molar-refractivity contribution in [2.45, 2.75) is 5.54 Å². The molecule has 1 saturated heterocycles. The molecule has 0 bridgehead atoms. The van der Waals surface area contributed by atoms with Gasteiger partial charge in [0.05, 0.1) is 36.6 Å². The first-order chi connectivity index (χ1) is 15.9. The maximum atomic E-state index is 13.3. The Bertz CT molecular complexity index is 1390. The van der Waals surface area contributed by atoms with Crippen LogP contribution < -0.4 is 5.32 Å². The third-order valence-corrected chi connectivity index (χ3v) is 6.59. The van der Waals surface area contributed by atoms with Gasteiger partial charge in [-0.05, 0) is 34.8 Å². The second-order valence-corrected chi connectivity index (χ2v) is 8.98. The van der Waals surface area contributed by atoms with Gasteiger partial charge in [0.1, 0.15) is 16.6 Å². The first-order valence-corrected chi connectivity index (χ1v) is 11.2. The van der Waals surface area contributed by atoms with E-state index in [0.29, 0.717) is 16.6 Å². The Morgan fingerprint density at radius 3 is 2.64 bits per heavy atom. The summed E-state index contributed by atoms with van der Waals surface area (Å²) in [6, 6.07) is 12.6. The lowest BCUT2D eigenvalue weighted by molar-refractivity contribution is -0.389. The van der Waals surface area contributed by atoms with Crippen LogP contribution in [0.25, 0.3) is 11.0 Å². The molecule has 2 amide bonds. The highest BCUT2D eigenvalue weighted by molar-refractivity contribution is 9.10. The fourth-order valence-electron chi connectivity index (χ4n) is 3.87. The molecule has 0 atom stereocenters. The van der Waals surface area contributed by atoms with Crippen molar-refractivity contribution in [1.82, 2.24) is 29.2 Å². The fraction of sp³-hybridized carbons (Fsp3) is 0.150. The maximum absolute atomic E-state index is 13.3. The van der Waals surface area contributed by atoms with Gasteiger partial charge in [0.15, 0.2) is 5.56 Å². The van der Waals surface area contributed by atoms with E-state index in [4.69, 9.17) is 0 Å². The zero-order chi connectivity index (χ0) is 23.2. The molecule has 0 unspecified atom stereocenters. The van der Waals surface area contributed by atoms with Crippen molar-refractivity contribution < 1.29 is 14.5 Å². The van der Waals surface area contributed by atoms with Crippen molar-refractivity contribution in [2.24, 2.45) is 0 Å². The summed E-state index contributed by atoms with van der Waals surface area (Å²) in [5.41, 5.74) is 1.31. The first-order valence-electron chi connectivity index (χ1n) is 9.65. The number of aromatic amines is 1. The second kappa shape index (κ2) is 8.01. The van der Waals surface area contributed by atoms with E-state index in [1.54, 1.807) is 18.2 Å². The van der Waals surface area contributed by atoms with Gasteiger partial charge in [-0.25, -0.2) is 0 Å². The standard InChI is InChI=1S/C20H14BrN7O4S/c21-12-6-4-11(5-7-12)20(23-18(29)13-2-1-3-15-16(13)26-33-25-15)9-27(10-20)19(30)14-8-22-24-17(14)28(31)32/h1-8H,9-10H2,(H,22,24)(H,23,29). The minimum absolute atomic E-state index is 0.131. The molecule has 13 heteroatoms. The van der Waals surface area contributed by atoms with Gasteiger partial charge in [-0.1, -0.05) is 39.2 Å². The molecule has 2 aromatic heterocycles. The Hall–Kier alpha value is -3.71. The fourth-order valence-corrected chi connectivity index (χ4v) is 4.69. The van der Waals surface area contributed by atoms with E-state index >= 15 is 0 Å². The van der Waals surface area contributed by atoms with E-state index in [0.717, 1.165) is 28.0 Å². The van der Waals surface area contributed by atoms with Crippen LogP contribution in [0, 0.1) is 10.1 Å². The van der Waals surface area contributed by atoms with Gasteiger partial charge in [-0.2, -0.15) is 8.75 Å². The smallest absolute Gasteiger partial charge is 0.355 e. The van der Waals surface area contributed by atoms with Crippen molar-refractivity contribution in [3.05, 3.63) is 79.9 Å². The maximum Gasteiger partial charge on any atom is 0.355 e. The van der Waals surface area contributed by atoms with Gasteiger partial charge in [-0.3, -0.25) is 9.59 Å². The number of rotatable bonds is 5. The number of nitro groups is 1. The number of carbonyl (C=O) groups is 2. The van der Waals surface area contributed by atoms with Crippen molar-refractivity contribution in [1.29, 1.82) is 0 Å². The zero-order valence-electron chi connectivity index (χ0n) is 16.7. The van der Waals surface area contributed by atoms with E-state index < -0.39 is 22.2 Å². The van der Waals surface area contributed by atoms with Crippen molar-refractivity contribution in [2.75, 3.05) is 13.1 Å². The molecule has 2 aromatic carbocycles. The molecule has 166 valence electrons. The van der Waals surface area contributed by atoms with E-state index in [1.807, 2.05) is 24.3 Å². The zero-order valence-corrected chi connectivity index (χ0v) is 19.1. The number of H-pyrrole nitrogens is 1.